The number of amides is 1. The second-order valence-electron chi connectivity index (χ2n) is 9.86. The first-order chi connectivity index (χ1) is 18.8. The van der Waals surface area contributed by atoms with Crippen molar-refractivity contribution in [2.24, 2.45) is 0 Å². The molecule has 2 N–H and O–H groups in total. The summed E-state index contributed by atoms with van der Waals surface area (Å²) in [4.78, 5) is 15.3. The van der Waals surface area contributed by atoms with Crippen LogP contribution in [0.2, 0.25) is 0 Å². The van der Waals surface area contributed by atoms with Crippen molar-refractivity contribution in [2.45, 2.75) is 36.5 Å². The maximum atomic E-state index is 13.3. The number of nitrogens with zero attached hydrogens (tertiary/aromatic N) is 2. The Morgan fingerprint density at radius 3 is 2.52 bits per heavy atom. The van der Waals surface area contributed by atoms with Gasteiger partial charge in [-0.05, 0) is 57.2 Å². The molecule has 0 saturated carbocycles. The fourth-order valence-electron chi connectivity index (χ4n) is 4.62. The number of hydrogen-bond donors (Lipinski definition) is 2. The number of benzene rings is 2. The molecule has 0 spiro atoms. The molecule has 1 amide bonds. The molecule has 1 fully saturated rings. The van der Waals surface area contributed by atoms with E-state index in [-0.39, 0.29) is 34.5 Å². The SMILES string of the molecule is COc1cc(S(C)(=O)=O)ccc1NCC#Cc1ccc2c(C(=O)NC3CCN(C)CC3)cn(CC(F)(F)F)c2c1. The van der Waals surface area contributed by atoms with Crippen molar-refractivity contribution < 1.29 is 31.1 Å². The Bertz CT molecular complexity index is 1560. The van der Waals surface area contributed by atoms with Gasteiger partial charge in [0.05, 0.1) is 35.3 Å². The number of carbonyl (C=O) groups is 1. The zero-order valence-electron chi connectivity index (χ0n) is 22.4. The number of piperidine rings is 1. The second kappa shape index (κ2) is 11.8. The van der Waals surface area contributed by atoms with E-state index in [2.05, 4.69) is 27.4 Å². The predicted octanol–water partition coefficient (Wildman–Crippen LogP) is 3.90. The lowest BCUT2D eigenvalue weighted by molar-refractivity contribution is -0.139. The number of alkyl halides is 3. The van der Waals surface area contributed by atoms with Crippen LogP contribution in [0, 0.1) is 11.8 Å². The average molecular weight is 577 g/mol. The number of likely N-dealkylation sites (tertiary alicyclic amines) is 1. The van der Waals surface area contributed by atoms with Gasteiger partial charge in [-0.2, -0.15) is 13.2 Å². The third-order valence-corrected chi connectivity index (χ3v) is 7.84. The molecule has 0 atom stereocenters. The summed E-state index contributed by atoms with van der Waals surface area (Å²) in [5.41, 5.74) is 1.49. The molecule has 4 rings (SSSR count). The highest BCUT2D eigenvalue weighted by molar-refractivity contribution is 7.90. The van der Waals surface area contributed by atoms with Crippen molar-refractivity contribution in [1.29, 1.82) is 0 Å². The first kappa shape index (κ1) is 29.3. The van der Waals surface area contributed by atoms with Crippen LogP contribution in [-0.4, -0.2) is 76.1 Å². The lowest BCUT2D eigenvalue weighted by Crippen LogP contribution is -2.43. The van der Waals surface area contributed by atoms with Crippen LogP contribution < -0.4 is 15.4 Å². The van der Waals surface area contributed by atoms with Crippen LogP contribution in [0.1, 0.15) is 28.8 Å². The molecule has 1 aliphatic heterocycles. The summed E-state index contributed by atoms with van der Waals surface area (Å²) in [7, 11) is 0.0359. The van der Waals surface area contributed by atoms with E-state index in [1.807, 2.05) is 7.05 Å². The first-order valence-electron chi connectivity index (χ1n) is 12.6. The number of sulfone groups is 1. The van der Waals surface area contributed by atoms with Gasteiger partial charge in [0.2, 0.25) is 0 Å². The first-order valence-corrected chi connectivity index (χ1v) is 14.5. The number of nitrogens with one attached hydrogen (secondary N) is 2. The molecule has 1 saturated heterocycles. The molecule has 3 aromatic rings. The summed E-state index contributed by atoms with van der Waals surface area (Å²) < 4.78 is 69.9. The lowest BCUT2D eigenvalue weighted by Gasteiger charge is -2.29. The summed E-state index contributed by atoms with van der Waals surface area (Å²) in [6.45, 7) is 0.625. The lowest BCUT2D eigenvalue weighted by atomic mass is 10.0. The molecule has 8 nitrogen and oxygen atoms in total. The van der Waals surface area contributed by atoms with Crippen LogP contribution in [-0.2, 0) is 16.4 Å². The second-order valence-corrected chi connectivity index (χ2v) is 11.9. The van der Waals surface area contributed by atoms with Gasteiger partial charge in [0, 0.05) is 35.5 Å². The van der Waals surface area contributed by atoms with Gasteiger partial charge in [0.1, 0.15) is 12.3 Å². The summed E-state index contributed by atoms with van der Waals surface area (Å²) in [5.74, 6) is 5.79. The Labute approximate surface area is 231 Å². The zero-order valence-corrected chi connectivity index (χ0v) is 23.2. The summed E-state index contributed by atoms with van der Waals surface area (Å²) >= 11 is 0. The number of fused-ring (bicyclic) bond motifs is 1. The average Bonchev–Trinajstić information content (AvgIpc) is 3.23. The van der Waals surface area contributed by atoms with Crippen LogP contribution in [0.5, 0.6) is 5.75 Å². The number of ether oxygens (including phenoxy) is 1. The molecule has 0 bridgehead atoms. The normalized spacial score (nSPS) is 14.9. The molecular weight excluding hydrogens is 545 g/mol. The minimum absolute atomic E-state index is 0.0245. The van der Waals surface area contributed by atoms with Gasteiger partial charge in [0.15, 0.2) is 9.84 Å². The quantitative estimate of drug-likeness (QED) is 0.415. The van der Waals surface area contributed by atoms with Crippen molar-refractivity contribution in [3.8, 4) is 17.6 Å². The molecule has 214 valence electrons. The number of methoxy groups -OCH3 is 1. The monoisotopic (exact) mass is 576 g/mol. The molecule has 2 heterocycles. The van der Waals surface area contributed by atoms with E-state index in [4.69, 9.17) is 4.74 Å². The Morgan fingerprint density at radius 2 is 1.88 bits per heavy atom. The molecule has 0 aliphatic carbocycles. The molecular formula is C28H31F3N4O4S. The van der Waals surface area contributed by atoms with E-state index in [1.165, 1.54) is 25.4 Å². The number of rotatable bonds is 7. The van der Waals surface area contributed by atoms with Crippen molar-refractivity contribution in [1.82, 2.24) is 14.8 Å². The van der Waals surface area contributed by atoms with Crippen molar-refractivity contribution in [3.05, 3.63) is 53.7 Å². The highest BCUT2D eigenvalue weighted by atomic mass is 32.2. The van der Waals surface area contributed by atoms with Crippen molar-refractivity contribution in [2.75, 3.05) is 45.4 Å². The van der Waals surface area contributed by atoms with Gasteiger partial charge in [-0.1, -0.05) is 17.9 Å². The maximum Gasteiger partial charge on any atom is 0.406 e. The van der Waals surface area contributed by atoms with E-state index < -0.39 is 22.6 Å². The summed E-state index contributed by atoms with van der Waals surface area (Å²) in [5, 5.41) is 6.45. The Hall–Kier alpha value is -3.69. The predicted molar refractivity (Wildman–Crippen MR) is 147 cm³/mol. The number of halogens is 3. The fourth-order valence-corrected chi connectivity index (χ4v) is 5.26. The third kappa shape index (κ3) is 7.28. The molecule has 0 unspecified atom stereocenters. The zero-order chi connectivity index (χ0) is 29.1. The summed E-state index contributed by atoms with van der Waals surface area (Å²) in [6, 6.07) is 9.25. The van der Waals surface area contributed by atoms with Crippen molar-refractivity contribution >= 4 is 32.3 Å². The number of carbonyl (C=O) groups excluding carboxylic acids is 1. The largest absolute Gasteiger partial charge is 0.495 e. The van der Waals surface area contributed by atoms with Crippen molar-refractivity contribution in [3.63, 3.8) is 0 Å². The summed E-state index contributed by atoms with van der Waals surface area (Å²) in [6.07, 6.45) is -0.540. The fraction of sp³-hybridized carbons (Fsp3) is 0.393. The van der Waals surface area contributed by atoms with Gasteiger partial charge in [0.25, 0.3) is 5.91 Å². The standard InChI is InChI=1S/C28H31F3N4O4S/c1-34-13-10-20(11-14-34)33-27(36)23-17-35(18-28(29,30)31)25-15-19(6-8-22(23)25)5-4-12-32-24-9-7-21(40(3,37)38)16-26(24)39-2/h6-9,15-17,20,32H,10-14,18H2,1-3H3,(H,33,36). The van der Waals surface area contributed by atoms with Crippen LogP contribution in [0.4, 0.5) is 18.9 Å². The third-order valence-electron chi connectivity index (χ3n) is 6.73. The Kier molecular flexibility index (Phi) is 8.65. The van der Waals surface area contributed by atoms with Crippen LogP contribution in [0.3, 0.4) is 0 Å². The van der Waals surface area contributed by atoms with Crippen LogP contribution in [0.15, 0.2) is 47.5 Å². The maximum absolute atomic E-state index is 13.3. The molecule has 40 heavy (non-hydrogen) atoms. The smallest absolute Gasteiger partial charge is 0.406 e. The minimum Gasteiger partial charge on any atom is -0.495 e. The number of hydrogen-bond acceptors (Lipinski definition) is 6. The molecule has 2 aromatic carbocycles. The Morgan fingerprint density at radius 1 is 1.15 bits per heavy atom. The van der Waals surface area contributed by atoms with E-state index >= 15 is 0 Å². The topological polar surface area (TPSA) is 92.7 Å². The highest BCUT2D eigenvalue weighted by Crippen LogP contribution is 2.28. The number of anilines is 1. The van der Waals surface area contributed by atoms with Gasteiger partial charge in [-0.3, -0.25) is 4.79 Å². The van der Waals surface area contributed by atoms with E-state index in [9.17, 15) is 26.4 Å². The van der Waals surface area contributed by atoms with Gasteiger partial charge >= 0.3 is 6.18 Å². The van der Waals surface area contributed by atoms with Crippen LogP contribution >= 0.6 is 0 Å². The van der Waals surface area contributed by atoms with Gasteiger partial charge < -0.3 is 24.8 Å². The molecule has 1 aliphatic rings. The minimum atomic E-state index is -4.47. The van der Waals surface area contributed by atoms with Gasteiger partial charge in [-0.25, -0.2) is 8.42 Å². The van der Waals surface area contributed by atoms with Gasteiger partial charge in [-0.15, -0.1) is 0 Å². The molecule has 0 radical (unpaired) electrons. The number of aromatic nitrogens is 1. The highest BCUT2D eigenvalue weighted by Gasteiger charge is 2.30. The van der Waals surface area contributed by atoms with Crippen LogP contribution in [0.25, 0.3) is 10.9 Å². The molecule has 1 aromatic heterocycles. The van der Waals surface area contributed by atoms with E-state index in [0.29, 0.717) is 22.4 Å². The Balaban J connectivity index is 1.54. The van der Waals surface area contributed by atoms with E-state index in [0.717, 1.165) is 36.8 Å². The van der Waals surface area contributed by atoms with E-state index in [1.54, 1.807) is 24.3 Å². The molecule has 12 heteroatoms.